The van der Waals surface area contributed by atoms with Crippen LogP contribution in [-0.4, -0.2) is 51.4 Å². The van der Waals surface area contributed by atoms with Gasteiger partial charge in [0.05, 0.1) is 22.2 Å². The van der Waals surface area contributed by atoms with E-state index in [1.54, 1.807) is 24.3 Å². The summed E-state index contributed by atoms with van der Waals surface area (Å²) in [4.78, 5) is 38.7. The molecule has 8 rings (SSSR count). The maximum atomic E-state index is 15.6. The van der Waals surface area contributed by atoms with Gasteiger partial charge in [0, 0.05) is 36.1 Å². The fourth-order valence-electron chi connectivity index (χ4n) is 6.27. The highest BCUT2D eigenvalue weighted by Crippen LogP contribution is 2.38. The monoisotopic (exact) mass is 536 g/mol. The second-order valence-corrected chi connectivity index (χ2v) is 10.8. The third kappa shape index (κ3) is 4.32. The van der Waals surface area contributed by atoms with Gasteiger partial charge in [-0.25, -0.2) is 9.37 Å². The molecule has 0 saturated carbocycles. The van der Waals surface area contributed by atoms with Gasteiger partial charge in [0.1, 0.15) is 17.2 Å². The fraction of sp³-hybridized carbons (Fsp3) is 0.258. The number of H-pyrrole nitrogens is 2. The number of carbonyl (C=O) groups is 1. The molecule has 0 unspecified atom stereocenters. The molecule has 5 aromatic rings. The average molecular weight is 537 g/mol. The predicted molar refractivity (Wildman–Crippen MR) is 156 cm³/mol. The van der Waals surface area contributed by atoms with Crippen molar-refractivity contribution in [2.24, 2.45) is 5.92 Å². The van der Waals surface area contributed by atoms with Gasteiger partial charge in [0.15, 0.2) is 0 Å². The van der Waals surface area contributed by atoms with E-state index < -0.39 is 5.82 Å². The number of aromatic amines is 2. The molecule has 9 heteroatoms. The lowest BCUT2D eigenvalue weighted by Crippen LogP contribution is -2.53. The third-order valence-corrected chi connectivity index (χ3v) is 8.21. The van der Waals surface area contributed by atoms with Crippen LogP contribution in [0.4, 0.5) is 15.8 Å². The minimum atomic E-state index is -0.464. The van der Waals surface area contributed by atoms with Crippen LogP contribution in [0.2, 0.25) is 0 Å². The molecule has 1 amide bonds. The molecular formula is C31H29FN6O2. The number of para-hydroxylation sites is 2. The molecule has 3 aromatic carbocycles. The van der Waals surface area contributed by atoms with Crippen molar-refractivity contribution in [3.8, 4) is 22.5 Å². The van der Waals surface area contributed by atoms with E-state index in [0.29, 0.717) is 50.7 Å². The minimum absolute atomic E-state index is 0.159. The molecule has 5 heterocycles. The Morgan fingerprint density at radius 1 is 1.02 bits per heavy atom. The number of fused-ring (bicyclic) bond motifs is 5. The van der Waals surface area contributed by atoms with E-state index in [1.165, 1.54) is 13.0 Å². The molecule has 1 atom stereocenters. The minimum Gasteiger partial charge on any atom is -0.379 e. The number of nitrogens with zero attached hydrogens (tertiary/aromatic N) is 2. The van der Waals surface area contributed by atoms with Gasteiger partial charge in [-0.05, 0) is 73.8 Å². The summed E-state index contributed by atoms with van der Waals surface area (Å²) in [6.45, 7) is 4.52. The molecule has 0 radical (unpaired) electrons. The topological polar surface area (TPSA) is 106 Å². The zero-order valence-electron chi connectivity index (χ0n) is 22.1. The number of anilines is 2. The van der Waals surface area contributed by atoms with Gasteiger partial charge in [-0.2, -0.15) is 0 Å². The summed E-state index contributed by atoms with van der Waals surface area (Å²) < 4.78 is 15.6. The summed E-state index contributed by atoms with van der Waals surface area (Å²) >= 11 is 0. The van der Waals surface area contributed by atoms with Crippen molar-refractivity contribution < 1.29 is 9.18 Å². The lowest BCUT2D eigenvalue weighted by molar-refractivity contribution is -0.114. The van der Waals surface area contributed by atoms with E-state index in [0.717, 1.165) is 43.5 Å². The van der Waals surface area contributed by atoms with Gasteiger partial charge in [-0.15, -0.1) is 0 Å². The number of amides is 1. The largest absolute Gasteiger partial charge is 0.379 e. The van der Waals surface area contributed by atoms with Crippen LogP contribution in [0.5, 0.6) is 0 Å². The van der Waals surface area contributed by atoms with Crippen molar-refractivity contribution in [1.82, 2.24) is 19.9 Å². The zero-order chi connectivity index (χ0) is 27.4. The first-order valence-electron chi connectivity index (χ1n) is 13.6. The Labute approximate surface area is 229 Å². The molecule has 2 bridgehead atoms. The van der Waals surface area contributed by atoms with Gasteiger partial charge in [0.25, 0.3) is 5.56 Å². The highest BCUT2D eigenvalue weighted by atomic mass is 19.1. The molecule has 8 nitrogen and oxygen atoms in total. The summed E-state index contributed by atoms with van der Waals surface area (Å²) in [6, 6.07) is 18.1. The quantitative estimate of drug-likeness (QED) is 0.243. The predicted octanol–water partition coefficient (Wildman–Crippen LogP) is 5.34. The number of imidazole rings is 1. The number of halogens is 1. The first kappa shape index (κ1) is 24.5. The average Bonchev–Trinajstić information content (AvgIpc) is 3.37. The highest BCUT2D eigenvalue weighted by Gasteiger charge is 2.35. The second-order valence-electron chi connectivity index (χ2n) is 10.8. The zero-order valence-corrected chi connectivity index (χ0v) is 22.1. The smallest absolute Gasteiger partial charge is 0.261 e. The lowest BCUT2D eigenvalue weighted by Gasteiger charge is -2.45. The molecular weight excluding hydrogens is 507 g/mol. The van der Waals surface area contributed by atoms with Crippen LogP contribution < -0.4 is 16.2 Å². The number of pyridine rings is 1. The number of hydrogen-bond acceptors (Lipinski definition) is 5. The number of rotatable bonds is 5. The molecule has 3 aliphatic heterocycles. The van der Waals surface area contributed by atoms with E-state index in [2.05, 4.69) is 25.5 Å². The van der Waals surface area contributed by atoms with Gasteiger partial charge in [-0.3, -0.25) is 9.59 Å². The van der Waals surface area contributed by atoms with Gasteiger partial charge in [0.2, 0.25) is 5.91 Å². The summed E-state index contributed by atoms with van der Waals surface area (Å²) in [5.74, 6) is 0.297. The van der Waals surface area contributed by atoms with Crippen molar-refractivity contribution in [1.29, 1.82) is 0 Å². The first-order valence-corrected chi connectivity index (χ1v) is 13.6. The first-order chi connectivity index (χ1) is 19.4. The number of nitrogens with one attached hydrogen (secondary N) is 4. The van der Waals surface area contributed by atoms with Gasteiger partial charge < -0.3 is 25.5 Å². The Bertz CT molecular complexity index is 1800. The Morgan fingerprint density at radius 2 is 1.85 bits per heavy atom. The molecule has 3 aliphatic rings. The summed E-state index contributed by atoms with van der Waals surface area (Å²) in [5.41, 5.74) is 4.30. The number of carbonyl (C=O) groups excluding carboxylic acids is 1. The Kier molecular flexibility index (Phi) is 5.89. The Hall–Kier alpha value is -4.50. The molecule has 4 N–H and O–H groups in total. The van der Waals surface area contributed by atoms with Crippen molar-refractivity contribution in [2.75, 3.05) is 30.3 Å². The van der Waals surface area contributed by atoms with E-state index in [1.807, 2.05) is 30.3 Å². The highest BCUT2D eigenvalue weighted by molar-refractivity contribution is 6.01. The van der Waals surface area contributed by atoms with Crippen LogP contribution in [0.25, 0.3) is 44.5 Å². The van der Waals surface area contributed by atoms with E-state index >= 15 is 4.39 Å². The molecule has 2 aromatic heterocycles. The van der Waals surface area contributed by atoms with Crippen molar-refractivity contribution in [2.45, 2.75) is 25.8 Å². The van der Waals surface area contributed by atoms with Crippen LogP contribution in [0.1, 0.15) is 19.8 Å². The molecule has 40 heavy (non-hydrogen) atoms. The Morgan fingerprint density at radius 3 is 2.60 bits per heavy atom. The van der Waals surface area contributed by atoms with Crippen molar-refractivity contribution in [3.63, 3.8) is 0 Å². The van der Waals surface area contributed by atoms with E-state index in [9.17, 15) is 9.59 Å². The van der Waals surface area contributed by atoms with Crippen LogP contribution in [-0.2, 0) is 4.79 Å². The number of aromatic nitrogens is 3. The normalized spacial score (nSPS) is 20.2. The second kappa shape index (κ2) is 9.60. The molecule has 3 fully saturated rings. The fourth-order valence-corrected chi connectivity index (χ4v) is 6.27. The molecule has 3 saturated heterocycles. The molecule has 202 valence electrons. The standard InChI is InChI=1S/C31H29FN6O2/c1-17(39)33-20-6-4-5-19(13-20)21-14-22-26(15-23(21)32)37-31(40)28(30-35-24-7-2-3-8-25(24)36-30)29(22)34-27-16-38-11-9-18(27)10-12-38/h2-8,13-15,18,27H,9-12,16H2,1H3,(H,33,39)(H,35,36)(H2,34,37,40)/t27-/m1/s1. The lowest BCUT2D eigenvalue weighted by atomic mass is 9.83. The number of hydrogen-bond donors (Lipinski definition) is 4. The van der Waals surface area contributed by atoms with Crippen LogP contribution in [0.3, 0.4) is 0 Å². The third-order valence-electron chi connectivity index (χ3n) is 8.21. The van der Waals surface area contributed by atoms with Crippen LogP contribution in [0, 0.1) is 11.7 Å². The summed E-state index contributed by atoms with van der Waals surface area (Å²) in [5, 5.41) is 7.21. The van der Waals surface area contributed by atoms with Crippen molar-refractivity contribution >= 4 is 39.2 Å². The molecule has 0 spiro atoms. The molecule has 0 aliphatic carbocycles. The van der Waals surface area contributed by atoms with Crippen molar-refractivity contribution in [3.05, 3.63) is 76.8 Å². The maximum absolute atomic E-state index is 15.6. The van der Waals surface area contributed by atoms with Gasteiger partial charge in [-0.1, -0.05) is 24.3 Å². The summed E-state index contributed by atoms with van der Waals surface area (Å²) in [7, 11) is 0. The number of piperidine rings is 3. The van der Waals surface area contributed by atoms with E-state index in [-0.39, 0.29) is 17.5 Å². The SMILES string of the molecule is CC(=O)Nc1cccc(-c2cc3c(N[C@@H]4CN5CCC4CC5)c(-c4nc5ccccc5[nH]4)c(=O)[nH]c3cc2F)c1. The number of benzene rings is 3. The van der Waals surface area contributed by atoms with Crippen LogP contribution >= 0.6 is 0 Å². The van der Waals surface area contributed by atoms with Crippen LogP contribution in [0.15, 0.2) is 65.5 Å². The van der Waals surface area contributed by atoms with Gasteiger partial charge >= 0.3 is 0 Å². The Balaban J connectivity index is 1.44. The maximum Gasteiger partial charge on any atom is 0.261 e. The van der Waals surface area contributed by atoms with E-state index in [4.69, 9.17) is 4.98 Å². The summed E-state index contributed by atoms with van der Waals surface area (Å²) in [6.07, 6.45) is 2.21.